The SMILES string of the molecule is CC(C)n1c(-c2ccc(N)c(Cl)c2)nc2ccccc21. The lowest BCUT2D eigenvalue weighted by Gasteiger charge is -2.13. The van der Waals surface area contributed by atoms with Gasteiger partial charge in [-0.25, -0.2) is 4.98 Å². The summed E-state index contributed by atoms with van der Waals surface area (Å²) in [4.78, 5) is 4.74. The van der Waals surface area contributed by atoms with Gasteiger partial charge in [0.2, 0.25) is 0 Å². The molecule has 0 saturated heterocycles. The van der Waals surface area contributed by atoms with Crippen molar-refractivity contribution in [3.63, 3.8) is 0 Å². The van der Waals surface area contributed by atoms with Gasteiger partial charge < -0.3 is 10.3 Å². The third-order valence-electron chi connectivity index (χ3n) is 3.37. The first-order valence-electron chi connectivity index (χ1n) is 6.60. The molecule has 2 N–H and O–H groups in total. The standard InChI is InChI=1S/C16H16ClN3/c1-10(2)20-15-6-4-3-5-14(15)19-16(20)11-7-8-13(18)12(17)9-11/h3-10H,18H2,1-2H3. The van der Waals surface area contributed by atoms with E-state index in [0.29, 0.717) is 16.8 Å². The normalized spacial score (nSPS) is 11.4. The summed E-state index contributed by atoms with van der Waals surface area (Å²) in [5, 5.41) is 0.560. The average Bonchev–Trinajstić information content (AvgIpc) is 2.81. The van der Waals surface area contributed by atoms with Crippen molar-refractivity contribution in [2.24, 2.45) is 0 Å². The molecule has 0 amide bonds. The van der Waals surface area contributed by atoms with Crippen LogP contribution in [0.3, 0.4) is 0 Å². The summed E-state index contributed by atoms with van der Waals surface area (Å²) in [6.07, 6.45) is 0. The topological polar surface area (TPSA) is 43.8 Å². The second-order valence-electron chi connectivity index (χ2n) is 5.12. The molecule has 1 aromatic heterocycles. The van der Waals surface area contributed by atoms with Gasteiger partial charge in [0.15, 0.2) is 0 Å². The molecule has 0 spiro atoms. The van der Waals surface area contributed by atoms with Gasteiger partial charge in [0.1, 0.15) is 5.82 Å². The number of imidazole rings is 1. The van der Waals surface area contributed by atoms with E-state index in [0.717, 1.165) is 22.4 Å². The Balaban J connectivity index is 2.29. The Bertz CT molecular complexity index is 774. The van der Waals surface area contributed by atoms with E-state index in [4.69, 9.17) is 22.3 Å². The fraction of sp³-hybridized carbons (Fsp3) is 0.188. The van der Waals surface area contributed by atoms with Crippen molar-refractivity contribution in [2.75, 3.05) is 5.73 Å². The molecule has 3 rings (SSSR count). The third-order valence-corrected chi connectivity index (χ3v) is 3.70. The number of anilines is 1. The van der Waals surface area contributed by atoms with Crippen molar-refractivity contribution in [1.29, 1.82) is 0 Å². The maximum atomic E-state index is 6.13. The smallest absolute Gasteiger partial charge is 0.141 e. The Morgan fingerprint density at radius 2 is 1.90 bits per heavy atom. The van der Waals surface area contributed by atoms with Gasteiger partial charge in [-0.05, 0) is 44.2 Å². The van der Waals surface area contributed by atoms with E-state index in [1.165, 1.54) is 0 Å². The maximum Gasteiger partial charge on any atom is 0.141 e. The molecule has 3 nitrogen and oxygen atoms in total. The number of rotatable bonds is 2. The molecule has 3 aromatic rings. The van der Waals surface area contributed by atoms with Gasteiger partial charge in [-0.2, -0.15) is 0 Å². The summed E-state index contributed by atoms with van der Waals surface area (Å²) in [5.41, 5.74) is 9.47. The van der Waals surface area contributed by atoms with Crippen LogP contribution in [0.2, 0.25) is 5.02 Å². The Morgan fingerprint density at radius 1 is 1.15 bits per heavy atom. The van der Waals surface area contributed by atoms with Crippen LogP contribution in [0.25, 0.3) is 22.4 Å². The molecule has 1 heterocycles. The minimum Gasteiger partial charge on any atom is -0.398 e. The molecule has 0 atom stereocenters. The number of nitrogens with two attached hydrogens (primary N) is 1. The van der Waals surface area contributed by atoms with Crippen LogP contribution in [-0.2, 0) is 0 Å². The van der Waals surface area contributed by atoms with Crippen LogP contribution in [-0.4, -0.2) is 9.55 Å². The van der Waals surface area contributed by atoms with E-state index in [1.807, 2.05) is 36.4 Å². The first kappa shape index (κ1) is 13.0. The van der Waals surface area contributed by atoms with E-state index in [-0.39, 0.29) is 0 Å². The lowest BCUT2D eigenvalue weighted by atomic mass is 10.2. The van der Waals surface area contributed by atoms with Crippen molar-refractivity contribution < 1.29 is 0 Å². The predicted molar refractivity (Wildman–Crippen MR) is 85.0 cm³/mol. The molecule has 0 radical (unpaired) electrons. The van der Waals surface area contributed by atoms with E-state index < -0.39 is 0 Å². The number of halogens is 1. The largest absolute Gasteiger partial charge is 0.398 e. The summed E-state index contributed by atoms with van der Waals surface area (Å²) in [6.45, 7) is 4.30. The second-order valence-corrected chi connectivity index (χ2v) is 5.53. The minimum absolute atomic E-state index is 0.314. The van der Waals surface area contributed by atoms with Gasteiger partial charge in [0.05, 0.1) is 21.7 Å². The monoisotopic (exact) mass is 285 g/mol. The Labute approximate surface area is 123 Å². The molecule has 0 fully saturated rings. The van der Waals surface area contributed by atoms with Gasteiger partial charge in [0, 0.05) is 11.6 Å². The fourth-order valence-corrected chi connectivity index (χ4v) is 2.62. The Hall–Kier alpha value is -2.00. The summed E-state index contributed by atoms with van der Waals surface area (Å²) in [7, 11) is 0. The zero-order valence-corrected chi connectivity index (χ0v) is 12.2. The highest BCUT2D eigenvalue weighted by molar-refractivity contribution is 6.33. The zero-order valence-electron chi connectivity index (χ0n) is 11.5. The van der Waals surface area contributed by atoms with Crippen LogP contribution < -0.4 is 5.73 Å². The lowest BCUT2D eigenvalue weighted by molar-refractivity contribution is 0.624. The molecule has 0 saturated carbocycles. The van der Waals surface area contributed by atoms with Crippen LogP contribution >= 0.6 is 11.6 Å². The van der Waals surface area contributed by atoms with E-state index in [9.17, 15) is 0 Å². The lowest BCUT2D eigenvalue weighted by Crippen LogP contribution is -2.03. The van der Waals surface area contributed by atoms with Crippen LogP contribution in [0, 0.1) is 0 Å². The van der Waals surface area contributed by atoms with Gasteiger partial charge >= 0.3 is 0 Å². The molecule has 0 aliphatic rings. The molecule has 0 aliphatic carbocycles. The van der Waals surface area contributed by atoms with Crippen molar-refractivity contribution >= 4 is 28.3 Å². The van der Waals surface area contributed by atoms with Crippen molar-refractivity contribution in [2.45, 2.75) is 19.9 Å². The third kappa shape index (κ3) is 2.04. The summed E-state index contributed by atoms with van der Waals surface area (Å²) >= 11 is 6.13. The number of aromatic nitrogens is 2. The number of nitrogen functional groups attached to an aromatic ring is 1. The number of para-hydroxylation sites is 2. The van der Waals surface area contributed by atoms with Crippen LogP contribution in [0.15, 0.2) is 42.5 Å². The van der Waals surface area contributed by atoms with Gasteiger partial charge in [-0.15, -0.1) is 0 Å². The maximum absolute atomic E-state index is 6.13. The molecule has 0 aliphatic heterocycles. The van der Waals surface area contributed by atoms with Gasteiger partial charge in [-0.1, -0.05) is 23.7 Å². The second kappa shape index (κ2) is 4.84. The van der Waals surface area contributed by atoms with Gasteiger partial charge in [-0.3, -0.25) is 0 Å². The van der Waals surface area contributed by atoms with Crippen LogP contribution in [0.5, 0.6) is 0 Å². The van der Waals surface area contributed by atoms with E-state index in [2.05, 4.69) is 24.5 Å². The van der Waals surface area contributed by atoms with Gasteiger partial charge in [0.25, 0.3) is 0 Å². The van der Waals surface area contributed by atoms with E-state index in [1.54, 1.807) is 0 Å². The molecular formula is C16H16ClN3. The molecule has 2 aromatic carbocycles. The molecular weight excluding hydrogens is 270 g/mol. The summed E-state index contributed by atoms with van der Waals surface area (Å²) < 4.78 is 2.22. The highest BCUT2D eigenvalue weighted by Gasteiger charge is 2.15. The average molecular weight is 286 g/mol. The molecule has 4 heteroatoms. The van der Waals surface area contributed by atoms with Crippen LogP contribution in [0.4, 0.5) is 5.69 Å². The molecule has 0 unspecified atom stereocenters. The molecule has 20 heavy (non-hydrogen) atoms. The minimum atomic E-state index is 0.314. The number of nitrogens with zero attached hydrogens (tertiary/aromatic N) is 2. The first-order chi connectivity index (χ1) is 9.58. The Morgan fingerprint density at radius 3 is 2.60 bits per heavy atom. The molecule has 0 bridgehead atoms. The number of hydrogen-bond acceptors (Lipinski definition) is 2. The number of fused-ring (bicyclic) bond motifs is 1. The molecule has 102 valence electrons. The number of benzene rings is 2. The van der Waals surface area contributed by atoms with E-state index >= 15 is 0 Å². The Kier molecular flexibility index (Phi) is 3.14. The highest BCUT2D eigenvalue weighted by Crippen LogP contribution is 2.31. The fourth-order valence-electron chi connectivity index (χ4n) is 2.44. The quantitative estimate of drug-likeness (QED) is 0.704. The predicted octanol–water partition coefficient (Wildman–Crippen LogP) is 4.52. The number of hydrogen-bond donors (Lipinski definition) is 1. The van der Waals surface area contributed by atoms with Crippen molar-refractivity contribution in [1.82, 2.24) is 9.55 Å². The van der Waals surface area contributed by atoms with Crippen LogP contribution in [0.1, 0.15) is 19.9 Å². The highest BCUT2D eigenvalue weighted by atomic mass is 35.5. The van der Waals surface area contributed by atoms with Crippen molar-refractivity contribution in [3.8, 4) is 11.4 Å². The zero-order chi connectivity index (χ0) is 14.3. The van der Waals surface area contributed by atoms with Crippen molar-refractivity contribution in [3.05, 3.63) is 47.5 Å². The first-order valence-corrected chi connectivity index (χ1v) is 6.98. The summed E-state index contributed by atoms with van der Waals surface area (Å²) in [5.74, 6) is 0.920. The summed E-state index contributed by atoms with van der Waals surface area (Å²) in [6, 6.07) is 14.1.